The van der Waals surface area contributed by atoms with Crippen LogP contribution >= 0.6 is 11.6 Å². The standard InChI is InChI=1S/C24H19ClF3N5O/c1-4-12(2)32-13(3)29-21-19(23(32)34)20-22(31-18-8-6-5-7-17(18)30-20)33(21)14-9-10-16(25)15(11-14)24(26,27)28/h5-12H,4H2,1-3H3. The lowest BCUT2D eigenvalue weighted by molar-refractivity contribution is -0.137. The molecular formula is C24H19ClF3N5O. The van der Waals surface area contributed by atoms with Crippen LogP contribution in [0.5, 0.6) is 0 Å². The maximum absolute atomic E-state index is 13.7. The van der Waals surface area contributed by atoms with Gasteiger partial charge in [-0.05, 0) is 50.6 Å². The highest BCUT2D eigenvalue weighted by Crippen LogP contribution is 2.37. The summed E-state index contributed by atoms with van der Waals surface area (Å²) in [6, 6.07) is 10.6. The predicted octanol–water partition coefficient (Wildman–Crippen LogP) is 6.24. The van der Waals surface area contributed by atoms with E-state index in [-0.39, 0.29) is 39.5 Å². The molecule has 6 nitrogen and oxygen atoms in total. The van der Waals surface area contributed by atoms with Crippen molar-refractivity contribution in [2.45, 2.75) is 39.4 Å². The fourth-order valence-corrected chi connectivity index (χ4v) is 4.45. The van der Waals surface area contributed by atoms with E-state index >= 15 is 0 Å². The normalized spacial score (nSPS) is 13.3. The van der Waals surface area contributed by atoms with E-state index in [0.29, 0.717) is 23.3 Å². The molecule has 1 unspecified atom stereocenters. The maximum atomic E-state index is 13.7. The Balaban J connectivity index is 1.99. The van der Waals surface area contributed by atoms with Crippen molar-refractivity contribution in [1.29, 1.82) is 0 Å². The van der Waals surface area contributed by atoms with E-state index in [9.17, 15) is 18.0 Å². The average Bonchev–Trinajstić information content (AvgIpc) is 3.09. The van der Waals surface area contributed by atoms with Gasteiger partial charge in [-0.25, -0.2) is 15.0 Å². The van der Waals surface area contributed by atoms with Crippen molar-refractivity contribution in [3.05, 3.63) is 69.2 Å². The molecule has 0 saturated carbocycles. The Morgan fingerprint density at radius 2 is 1.71 bits per heavy atom. The van der Waals surface area contributed by atoms with Crippen molar-refractivity contribution in [3.63, 3.8) is 0 Å². The second-order valence-corrected chi connectivity index (χ2v) is 8.58. The van der Waals surface area contributed by atoms with E-state index in [0.717, 1.165) is 6.07 Å². The van der Waals surface area contributed by atoms with E-state index in [1.54, 1.807) is 35.8 Å². The molecule has 0 saturated heterocycles. The van der Waals surface area contributed by atoms with Gasteiger partial charge in [0, 0.05) is 11.7 Å². The topological polar surface area (TPSA) is 65.6 Å². The minimum absolute atomic E-state index is 0.122. The number of nitrogens with zero attached hydrogens (tertiary/aromatic N) is 5. The maximum Gasteiger partial charge on any atom is 0.417 e. The summed E-state index contributed by atoms with van der Waals surface area (Å²) in [4.78, 5) is 27.7. The second kappa shape index (κ2) is 7.80. The fraction of sp³-hybridized carbons (Fsp3) is 0.250. The Morgan fingerprint density at radius 1 is 1.03 bits per heavy atom. The number of hydrogen-bond donors (Lipinski definition) is 0. The lowest BCUT2D eigenvalue weighted by atomic mass is 10.2. The van der Waals surface area contributed by atoms with Crippen molar-refractivity contribution in [2.75, 3.05) is 0 Å². The van der Waals surface area contributed by atoms with Crippen molar-refractivity contribution in [2.24, 2.45) is 0 Å². The molecule has 5 aromatic rings. The molecule has 3 aromatic heterocycles. The van der Waals surface area contributed by atoms with Crippen LogP contribution in [0.25, 0.3) is 38.9 Å². The zero-order valence-corrected chi connectivity index (χ0v) is 19.2. The molecule has 0 N–H and O–H groups in total. The highest BCUT2D eigenvalue weighted by molar-refractivity contribution is 6.31. The minimum atomic E-state index is -4.66. The number of hydrogen-bond acceptors (Lipinski definition) is 4. The zero-order valence-electron chi connectivity index (χ0n) is 18.5. The number of aromatic nitrogens is 5. The van der Waals surface area contributed by atoms with Gasteiger partial charge in [0.15, 0.2) is 11.3 Å². The molecule has 0 amide bonds. The summed E-state index contributed by atoms with van der Waals surface area (Å²) in [6.07, 6.45) is -3.95. The first-order chi connectivity index (χ1) is 16.1. The van der Waals surface area contributed by atoms with E-state index in [2.05, 4.69) is 15.0 Å². The Labute approximate surface area is 196 Å². The minimum Gasteiger partial charge on any atom is -0.293 e. The fourth-order valence-electron chi connectivity index (χ4n) is 4.23. The molecule has 5 rings (SSSR count). The Kier molecular flexibility index (Phi) is 5.12. The number of halogens is 4. The summed E-state index contributed by atoms with van der Waals surface area (Å²) in [5, 5.41) is -0.209. The van der Waals surface area contributed by atoms with Gasteiger partial charge in [0.1, 0.15) is 16.7 Å². The first-order valence-corrected chi connectivity index (χ1v) is 11.1. The molecule has 0 spiro atoms. The molecule has 3 heterocycles. The molecular weight excluding hydrogens is 467 g/mol. The van der Waals surface area contributed by atoms with Gasteiger partial charge >= 0.3 is 6.18 Å². The summed E-state index contributed by atoms with van der Waals surface area (Å²) in [5.74, 6) is 0.450. The van der Waals surface area contributed by atoms with Crippen LogP contribution < -0.4 is 5.56 Å². The van der Waals surface area contributed by atoms with Gasteiger partial charge in [0.2, 0.25) is 0 Å². The van der Waals surface area contributed by atoms with Gasteiger partial charge in [-0.15, -0.1) is 0 Å². The lowest BCUT2D eigenvalue weighted by Crippen LogP contribution is -2.26. The first kappa shape index (κ1) is 22.3. The van der Waals surface area contributed by atoms with Crippen LogP contribution in [0.4, 0.5) is 13.2 Å². The van der Waals surface area contributed by atoms with Crippen LogP contribution in [0, 0.1) is 6.92 Å². The van der Waals surface area contributed by atoms with Crippen LogP contribution in [0.3, 0.4) is 0 Å². The summed E-state index contributed by atoms with van der Waals surface area (Å²) < 4.78 is 43.9. The summed E-state index contributed by atoms with van der Waals surface area (Å²) in [6.45, 7) is 5.58. The highest BCUT2D eigenvalue weighted by Gasteiger charge is 2.34. The third-order valence-electron chi connectivity index (χ3n) is 6.03. The van der Waals surface area contributed by atoms with Crippen LogP contribution in [-0.2, 0) is 6.18 Å². The van der Waals surface area contributed by atoms with E-state index in [4.69, 9.17) is 11.6 Å². The van der Waals surface area contributed by atoms with Gasteiger partial charge in [-0.3, -0.25) is 13.9 Å². The third kappa shape index (κ3) is 3.34. The quantitative estimate of drug-likeness (QED) is 0.303. The molecule has 0 fully saturated rings. The van der Waals surface area contributed by atoms with E-state index in [1.165, 1.54) is 16.7 Å². The molecule has 0 aliphatic rings. The lowest BCUT2D eigenvalue weighted by Gasteiger charge is -2.16. The van der Waals surface area contributed by atoms with Crippen LogP contribution in [0.1, 0.15) is 37.7 Å². The number of alkyl halides is 3. The van der Waals surface area contributed by atoms with Gasteiger partial charge < -0.3 is 0 Å². The molecule has 0 aliphatic carbocycles. The smallest absolute Gasteiger partial charge is 0.293 e. The largest absolute Gasteiger partial charge is 0.417 e. The molecule has 1 atom stereocenters. The van der Waals surface area contributed by atoms with Crippen LogP contribution in [0.15, 0.2) is 47.3 Å². The summed E-state index contributed by atoms with van der Waals surface area (Å²) in [5.41, 5.74) is 0.674. The average molecular weight is 486 g/mol. The van der Waals surface area contributed by atoms with Gasteiger partial charge in [0.25, 0.3) is 5.56 Å². The summed E-state index contributed by atoms with van der Waals surface area (Å²) in [7, 11) is 0. The van der Waals surface area contributed by atoms with Gasteiger partial charge in [-0.2, -0.15) is 13.2 Å². The third-order valence-corrected chi connectivity index (χ3v) is 6.36. The van der Waals surface area contributed by atoms with Gasteiger partial charge in [-0.1, -0.05) is 30.7 Å². The molecule has 0 aliphatic heterocycles. The molecule has 0 bridgehead atoms. The summed E-state index contributed by atoms with van der Waals surface area (Å²) >= 11 is 5.85. The van der Waals surface area contributed by atoms with E-state index in [1.807, 2.05) is 13.8 Å². The van der Waals surface area contributed by atoms with Crippen LogP contribution in [0.2, 0.25) is 5.02 Å². The Morgan fingerprint density at radius 3 is 2.35 bits per heavy atom. The zero-order chi connectivity index (χ0) is 24.4. The highest BCUT2D eigenvalue weighted by atomic mass is 35.5. The first-order valence-electron chi connectivity index (χ1n) is 10.7. The number of fused-ring (bicyclic) bond motifs is 4. The number of benzene rings is 2. The number of rotatable bonds is 3. The molecule has 10 heteroatoms. The predicted molar refractivity (Wildman–Crippen MR) is 126 cm³/mol. The SMILES string of the molecule is CCC(C)n1c(C)nc2c(c1=O)c1nc3ccccc3nc1n2-c1ccc(Cl)c(C(F)(F)F)c1. The van der Waals surface area contributed by atoms with E-state index < -0.39 is 16.8 Å². The Bertz CT molecular complexity index is 1650. The van der Waals surface area contributed by atoms with Crippen molar-refractivity contribution in [1.82, 2.24) is 24.1 Å². The van der Waals surface area contributed by atoms with Crippen molar-refractivity contribution in [3.8, 4) is 5.69 Å². The Hall–Kier alpha value is -3.46. The number of aryl methyl sites for hydroxylation is 1. The van der Waals surface area contributed by atoms with Crippen molar-refractivity contribution >= 4 is 44.8 Å². The monoisotopic (exact) mass is 485 g/mol. The number of para-hydroxylation sites is 2. The van der Waals surface area contributed by atoms with Crippen LogP contribution in [-0.4, -0.2) is 24.1 Å². The second-order valence-electron chi connectivity index (χ2n) is 8.17. The van der Waals surface area contributed by atoms with Crippen molar-refractivity contribution < 1.29 is 13.2 Å². The molecule has 174 valence electrons. The molecule has 0 radical (unpaired) electrons. The molecule has 34 heavy (non-hydrogen) atoms. The van der Waals surface area contributed by atoms with Gasteiger partial charge in [0.05, 0.1) is 21.6 Å². The molecule has 2 aromatic carbocycles.